The van der Waals surface area contributed by atoms with Gasteiger partial charge in [-0.3, -0.25) is 9.78 Å². The van der Waals surface area contributed by atoms with Crippen LogP contribution < -0.4 is 11.1 Å². The summed E-state index contributed by atoms with van der Waals surface area (Å²) in [4.78, 5) is 16.0. The van der Waals surface area contributed by atoms with Crippen LogP contribution in [0, 0.1) is 0 Å². The molecule has 3 atom stereocenters. The maximum atomic E-state index is 12.0. The van der Waals surface area contributed by atoms with Gasteiger partial charge in [-0.1, -0.05) is 6.07 Å². The van der Waals surface area contributed by atoms with Crippen molar-refractivity contribution in [1.29, 1.82) is 0 Å². The second kappa shape index (κ2) is 7.43. The number of carbonyl (C=O) groups excluding carboxylic acids is 1. The number of ether oxygens (including phenoxy) is 1. The van der Waals surface area contributed by atoms with Crippen molar-refractivity contribution in [2.45, 2.75) is 38.0 Å². The fourth-order valence-corrected chi connectivity index (χ4v) is 2.09. The number of hydrogen-bond donors (Lipinski definition) is 2. The van der Waals surface area contributed by atoms with Gasteiger partial charge in [0.25, 0.3) is 0 Å². The summed E-state index contributed by atoms with van der Waals surface area (Å²) < 4.78 is 5.56. The number of amides is 1. The highest BCUT2D eigenvalue weighted by molar-refractivity contribution is 5.85. The summed E-state index contributed by atoms with van der Waals surface area (Å²) >= 11 is 0. The summed E-state index contributed by atoms with van der Waals surface area (Å²) in [6.45, 7) is 2.41. The Morgan fingerprint density at radius 1 is 1.63 bits per heavy atom. The van der Waals surface area contributed by atoms with E-state index in [2.05, 4.69) is 10.3 Å². The van der Waals surface area contributed by atoms with Crippen LogP contribution in [0.2, 0.25) is 0 Å². The van der Waals surface area contributed by atoms with E-state index < -0.39 is 0 Å². The number of pyridine rings is 1. The highest BCUT2D eigenvalue weighted by atomic mass is 35.5. The van der Waals surface area contributed by atoms with E-state index in [1.807, 2.05) is 19.1 Å². The Balaban J connectivity index is 0.00000180. The fourth-order valence-electron chi connectivity index (χ4n) is 2.09. The van der Waals surface area contributed by atoms with Gasteiger partial charge in [-0.05, 0) is 31.4 Å². The largest absolute Gasteiger partial charge is 0.364 e. The third-order valence-electron chi connectivity index (χ3n) is 3.21. The van der Waals surface area contributed by atoms with Gasteiger partial charge in [0, 0.05) is 18.9 Å². The molecule has 0 aliphatic carbocycles. The zero-order valence-corrected chi connectivity index (χ0v) is 11.7. The molecule has 106 valence electrons. The lowest BCUT2D eigenvalue weighted by Gasteiger charge is -2.17. The molecule has 2 heterocycles. The van der Waals surface area contributed by atoms with Gasteiger partial charge < -0.3 is 15.8 Å². The fraction of sp³-hybridized carbons (Fsp3) is 0.538. The van der Waals surface area contributed by atoms with Gasteiger partial charge in [0.05, 0.1) is 12.1 Å². The second-order valence-electron chi connectivity index (χ2n) is 4.58. The van der Waals surface area contributed by atoms with Gasteiger partial charge in [-0.2, -0.15) is 0 Å². The van der Waals surface area contributed by atoms with E-state index in [1.54, 1.807) is 12.4 Å². The molecule has 1 aromatic rings. The van der Waals surface area contributed by atoms with E-state index in [0.717, 1.165) is 18.4 Å². The summed E-state index contributed by atoms with van der Waals surface area (Å²) in [7, 11) is 0. The molecule has 1 aliphatic rings. The number of hydrogen-bond acceptors (Lipinski definition) is 4. The molecule has 5 nitrogen and oxygen atoms in total. The molecule has 19 heavy (non-hydrogen) atoms. The third kappa shape index (κ3) is 4.16. The first-order valence-corrected chi connectivity index (χ1v) is 6.26. The van der Waals surface area contributed by atoms with Gasteiger partial charge in [-0.25, -0.2) is 0 Å². The summed E-state index contributed by atoms with van der Waals surface area (Å²) in [5.74, 6) is -0.0673. The molecule has 1 amide bonds. The Morgan fingerprint density at radius 3 is 3.00 bits per heavy atom. The molecule has 2 rings (SSSR count). The molecule has 6 heteroatoms. The molecule has 0 radical (unpaired) electrons. The first-order valence-electron chi connectivity index (χ1n) is 6.26. The minimum atomic E-state index is -0.363. The molecule has 1 unspecified atom stereocenters. The monoisotopic (exact) mass is 285 g/mol. The van der Waals surface area contributed by atoms with Gasteiger partial charge in [0.2, 0.25) is 5.91 Å². The molecule has 3 N–H and O–H groups in total. The van der Waals surface area contributed by atoms with E-state index in [9.17, 15) is 4.79 Å². The van der Waals surface area contributed by atoms with E-state index >= 15 is 0 Å². The first kappa shape index (κ1) is 15.9. The molecule has 1 fully saturated rings. The van der Waals surface area contributed by atoms with Crippen molar-refractivity contribution in [3.63, 3.8) is 0 Å². The van der Waals surface area contributed by atoms with E-state index in [1.165, 1.54) is 0 Å². The van der Waals surface area contributed by atoms with Gasteiger partial charge in [0.1, 0.15) is 6.10 Å². The topological polar surface area (TPSA) is 77.2 Å². The van der Waals surface area contributed by atoms with Crippen LogP contribution in [0.15, 0.2) is 24.5 Å². The highest BCUT2D eigenvalue weighted by Crippen LogP contribution is 2.20. The molecular weight excluding hydrogens is 266 g/mol. The molecule has 0 aromatic carbocycles. The smallest absolute Gasteiger partial charge is 0.249 e. The van der Waals surface area contributed by atoms with E-state index in [0.29, 0.717) is 6.54 Å². The second-order valence-corrected chi connectivity index (χ2v) is 4.58. The van der Waals surface area contributed by atoms with Crippen LogP contribution in [0.4, 0.5) is 0 Å². The quantitative estimate of drug-likeness (QED) is 0.871. The first-order chi connectivity index (χ1) is 8.70. The lowest BCUT2D eigenvalue weighted by molar-refractivity contribution is -0.132. The zero-order chi connectivity index (χ0) is 13.0. The number of nitrogens with zero attached hydrogens (tertiary/aromatic N) is 1. The Kier molecular flexibility index (Phi) is 6.21. The standard InChI is InChI=1S/C13H19N3O2.ClH/c1-9(10-3-2-6-15-8-10)16-13(17)12-5-4-11(7-14)18-12;/h2-3,6,8-9,11-12H,4-5,7,14H2,1H3,(H,16,17);1H/t9?,11-,12+;/m1./s1. The highest BCUT2D eigenvalue weighted by Gasteiger charge is 2.30. The maximum absolute atomic E-state index is 12.0. The Bertz CT molecular complexity index is 402. The van der Waals surface area contributed by atoms with Crippen molar-refractivity contribution in [2.24, 2.45) is 5.73 Å². The number of rotatable bonds is 4. The van der Waals surface area contributed by atoms with Crippen LogP contribution in [0.25, 0.3) is 0 Å². The Hall–Kier alpha value is -1.17. The number of halogens is 1. The maximum Gasteiger partial charge on any atom is 0.249 e. The third-order valence-corrected chi connectivity index (χ3v) is 3.21. The van der Waals surface area contributed by atoms with E-state index in [-0.39, 0.29) is 36.6 Å². The number of nitrogens with one attached hydrogen (secondary N) is 1. The molecule has 0 bridgehead atoms. The lowest BCUT2D eigenvalue weighted by atomic mass is 10.1. The number of aromatic nitrogens is 1. The van der Waals surface area contributed by atoms with Crippen LogP contribution in [0.1, 0.15) is 31.4 Å². The van der Waals surface area contributed by atoms with Crippen LogP contribution in [-0.4, -0.2) is 29.6 Å². The van der Waals surface area contributed by atoms with Crippen molar-refractivity contribution in [3.8, 4) is 0 Å². The van der Waals surface area contributed by atoms with Crippen molar-refractivity contribution >= 4 is 18.3 Å². The Labute approximate surface area is 119 Å². The molecule has 1 aromatic heterocycles. The van der Waals surface area contributed by atoms with Crippen LogP contribution >= 0.6 is 12.4 Å². The summed E-state index contributed by atoms with van der Waals surface area (Å²) in [6, 6.07) is 3.73. The molecule has 0 saturated carbocycles. The normalized spacial score (nSPS) is 23.5. The predicted octanol–water partition coefficient (Wildman–Crippen LogP) is 1.19. The van der Waals surface area contributed by atoms with Gasteiger partial charge in [-0.15, -0.1) is 12.4 Å². The molecular formula is C13H20ClN3O2. The minimum Gasteiger partial charge on any atom is -0.364 e. The van der Waals surface area contributed by atoms with E-state index in [4.69, 9.17) is 10.5 Å². The van der Waals surface area contributed by atoms with Gasteiger partial charge in [0.15, 0.2) is 0 Å². The van der Waals surface area contributed by atoms with Crippen molar-refractivity contribution in [2.75, 3.05) is 6.54 Å². The van der Waals surface area contributed by atoms with Crippen molar-refractivity contribution < 1.29 is 9.53 Å². The number of carbonyl (C=O) groups is 1. The van der Waals surface area contributed by atoms with Crippen LogP contribution in [0.5, 0.6) is 0 Å². The minimum absolute atomic E-state index is 0. The zero-order valence-electron chi connectivity index (χ0n) is 10.9. The van der Waals surface area contributed by atoms with Crippen molar-refractivity contribution in [3.05, 3.63) is 30.1 Å². The summed E-state index contributed by atoms with van der Waals surface area (Å²) in [5, 5.41) is 2.94. The lowest BCUT2D eigenvalue weighted by Crippen LogP contribution is -2.37. The number of nitrogens with two attached hydrogens (primary N) is 1. The van der Waals surface area contributed by atoms with Crippen LogP contribution in [0.3, 0.4) is 0 Å². The molecule has 0 spiro atoms. The predicted molar refractivity (Wildman–Crippen MR) is 75.0 cm³/mol. The van der Waals surface area contributed by atoms with Gasteiger partial charge >= 0.3 is 0 Å². The van der Waals surface area contributed by atoms with Crippen LogP contribution in [-0.2, 0) is 9.53 Å². The Morgan fingerprint density at radius 2 is 2.42 bits per heavy atom. The summed E-state index contributed by atoms with van der Waals surface area (Å²) in [6.07, 6.45) is 4.73. The molecule has 1 aliphatic heterocycles. The SMILES string of the molecule is CC(NC(=O)[C@@H]1CC[C@H](CN)O1)c1cccnc1.Cl. The average Bonchev–Trinajstić information content (AvgIpc) is 2.88. The van der Waals surface area contributed by atoms with Crippen molar-refractivity contribution in [1.82, 2.24) is 10.3 Å². The average molecular weight is 286 g/mol. The summed E-state index contributed by atoms with van der Waals surface area (Å²) in [5.41, 5.74) is 6.51. The molecule has 1 saturated heterocycles.